The second-order valence-corrected chi connectivity index (χ2v) is 6.38. The Hall–Kier alpha value is -2.60. The number of halogens is 1. The van der Waals surface area contributed by atoms with Crippen molar-refractivity contribution in [2.75, 3.05) is 11.9 Å². The van der Waals surface area contributed by atoms with Crippen LogP contribution in [0.4, 0.5) is 5.69 Å². The highest BCUT2D eigenvalue weighted by molar-refractivity contribution is 9.10. The first-order chi connectivity index (χ1) is 11.5. The Bertz CT molecular complexity index is 885. The maximum absolute atomic E-state index is 12.2. The molecule has 0 aliphatic heterocycles. The molecule has 0 bridgehead atoms. The predicted octanol–water partition coefficient (Wildman–Crippen LogP) is 3.61. The van der Waals surface area contributed by atoms with E-state index in [2.05, 4.69) is 31.5 Å². The summed E-state index contributed by atoms with van der Waals surface area (Å²) in [5.41, 5.74) is 2.99. The normalized spacial score (nSPS) is 10.6. The zero-order chi connectivity index (χ0) is 17.1. The van der Waals surface area contributed by atoms with Gasteiger partial charge in [0.2, 0.25) is 5.91 Å². The van der Waals surface area contributed by atoms with E-state index < -0.39 is 0 Å². The van der Waals surface area contributed by atoms with Crippen LogP contribution in [0.1, 0.15) is 16.1 Å². The number of carbonyl (C=O) groups is 2. The number of rotatable bonds is 4. The molecule has 3 N–H and O–H groups in total. The Balaban J connectivity index is 1.60. The van der Waals surface area contributed by atoms with E-state index in [1.807, 2.05) is 49.4 Å². The molecule has 2 amide bonds. The largest absolute Gasteiger partial charge is 0.351 e. The van der Waals surface area contributed by atoms with Crippen molar-refractivity contribution in [1.82, 2.24) is 10.3 Å². The van der Waals surface area contributed by atoms with E-state index in [1.165, 1.54) is 0 Å². The first-order valence-corrected chi connectivity index (χ1v) is 8.24. The molecule has 0 atom stereocenters. The number of nitrogens with one attached hydrogen (secondary N) is 3. The molecule has 5 nitrogen and oxygen atoms in total. The summed E-state index contributed by atoms with van der Waals surface area (Å²) in [7, 11) is 0. The third-order valence-corrected chi connectivity index (χ3v) is 4.14. The van der Waals surface area contributed by atoms with Gasteiger partial charge in [-0.25, -0.2) is 0 Å². The SMILES string of the molecule is Cc1cc(Br)ccc1NC(=O)CNC(=O)c1cc2ccccc2[nH]1. The van der Waals surface area contributed by atoms with E-state index in [0.717, 1.165) is 26.6 Å². The Morgan fingerprint density at radius 3 is 2.67 bits per heavy atom. The van der Waals surface area contributed by atoms with Gasteiger partial charge in [0.15, 0.2) is 0 Å². The molecule has 1 heterocycles. The molecule has 6 heteroatoms. The van der Waals surface area contributed by atoms with Gasteiger partial charge in [0, 0.05) is 21.1 Å². The van der Waals surface area contributed by atoms with Crippen LogP contribution in [-0.2, 0) is 4.79 Å². The maximum atomic E-state index is 12.2. The summed E-state index contributed by atoms with van der Waals surface area (Å²) in [6.45, 7) is 1.81. The van der Waals surface area contributed by atoms with Gasteiger partial charge < -0.3 is 15.6 Å². The third kappa shape index (κ3) is 3.65. The van der Waals surface area contributed by atoms with Gasteiger partial charge in [-0.15, -0.1) is 0 Å². The number of carbonyl (C=O) groups excluding carboxylic acids is 2. The van der Waals surface area contributed by atoms with Gasteiger partial charge in [-0.3, -0.25) is 9.59 Å². The number of aromatic amines is 1. The van der Waals surface area contributed by atoms with Crippen molar-refractivity contribution >= 4 is 44.3 Å². The molecule has 1 aromatic heterocycles. The number of hydrogen-bond donors (Lipinski definition) is 3. The van der Waals surface area contributed by atoms with E-state index in [4.69, 9.17) is 0 Å². The van der Waals surface area contributed by atoms with Gasteiger partial charge in [-0.1, -0.05) is 34.1 Å². The maximum Gasteiger partial charge on any atom is 0.268 e. The molecular weight excluding hydrogens is 370 g/mol. The smallest absolute Gasteiger partial charge is 0.268 e. The van der Waals surface area contributed by atoms with Crippen LogP contribution in [0.25, 0.3) is 10.9 Å². The zero-order valence-corrected chi connectivity index (χ0v) is 14.6. The second-order valence-electron chi connectivity index (χ2n) is 5.46. The summed E-state index contributed by atoms with van der Waals surface area (Å²) in [5.74, 6) is -0.584. The molecular formula is C18H16BrN3O2. The van der Waals surface area contributed by atoms with Crippen molar-refractivity contribution in [2.45, 2.75) is 6.92 Å². The highest BCUT2D eigenvalue weighted by Crippen LogP contribution is 2.19. The van der Waals surface area contributed by atoms with Crippen molar-refractivity contribution in [3.05, 3.63) is 64.3 Å². The second kappa shape index (κ2) is 6.88. The van der Waals surface area contributed by atoms with Crippen LogP contribution in [0.5, 0.6) is 0 Å². The minimum absolute atomic E-state index is 0.0935. The molecule has 0 fully saturated rings. The van der Waals surface area contributed by atoms with Crippen molar-refractivity contribution in [2.24, 2.45) is 0 Å². The van der Waals surface area contributed by atoms with Crippen LogP contribution >= 0.6 is 15.9 Å². The van der Waals surface area contributed by atoms with Crippen molar-refractivity contribution in [3.63, 3.8) is 0 Å². The van der Waals surface area contributed by atoms with Gasteiger partial charge in [0.25, 0.3) is 5.91 Å². The number of fused-ring (bicyclic) bond motifs is 1. The number of anilines is 1. The van der Waals surface area contributed by atoms with Crippen LogP contribution in [0.3, 0.4) is 0 Å². The molecule has 0 saturated carbocycles. The lowest BCUT2D eigenvalue weighted by atomic mass is 10.2. The minimum Gasteiger partial charge on any atom is -0.351 e. The summed E-state index contributed by atoms with van der Waals surface area (Å²) in [4.78, 5) is 27.2. The van der Waals surface area contributed by atoms with Gasteiger partial charge in [0.05, 0.1) is 6.54 Å². The summed E-state index contributed by atoms with van der Waals surface area (Å²) < 4.78 is 0.949. The molecule has 0 radical (unpaired) electrons. The Morgan fingerprint density at radius 1 is 1.12 bits per heavy atom. The third-order valence-electron chi connectivity index (χ3n) is 3.65. The zero-order valence-electron chi connectivity index (χ0n) is 13.0. The van der Waals surface area contributed by atoms with Crippen molar-refractivity contribution in [1.29, 1.82) is 0 Å². The summed E-state index contributed by atoms with van der Waals surface area (Å²) in [5, 5.41) is 6.36. The number of aryl methyl sites for hydroxylation is 1. The van der Waals surface area contributed by atoms with Crippen LogP contribution in [-0.4, -0.2) is 23.3 Å². The molecule has 0 aliphatic rings. The lowest BCUT2D eigenvalue weighted by Gasteiger charge is -2.09. The monoisotopic (exact) mass is 385 g/mol. The Labute approximate surface area is 147 Å². The average Bonchev–Trinajstić information content (AvgIpc) is 2.99. The number of para-hydroxylation sites is 1. The number of hydrogen-bond acceptors (Lipinski definition) is 2. The fourth-order valence-corrected chi connectivity index (χ4v) is 2.89. The molecule has 0 unspecified atom stereocenters. The molecule has 0 aliphatic carbocycles. The number of amides is 2. The topological polar surface area (TPSA) is 74.0 Å². The number of benzene rings is 2. The van der Waals surface area contributed by atoms with Crippen LogP contribution in [0.2, 0.25) is 0 Å². The molecule has 122 valence electrons. The standard InChI is InChI=1S/C18H16BrN3O2/c1-11-8-13(19)6-7-14(11)22-17(23)10-20-18(24)16-9-12-4-2-3-5-15(12)21-16/h2-9,21H,10H2,1H3,(H,20,24)(H,22,23). The summed E-state index contributed by atoms with van der Waals surface area (Å²) in [6, 6.07) is 15.0. The Morgan fingerprint density at radius 2 is 1.92 bits per heavy atom. The minimum atomic E-state index is -0.311. The molecule has 24 heavy (non-hydrogen) atoms. The average molecular weight is 386 g/mol. The molecule has 3 rings (SSSR count). The molecule has 0 spiro atoms. The van der Waals surface area contributed by atoms with Gasteiger partial charge in [-0.05, 0) is 42.8 Å². The van der Waals surface area contributed by atoms with Crippen molar-refractivity contribution in [3.8, 4) is 0 Å². The lowest BCUT2D eigenvalue weighted by Crippen LogP contribution is -2.33. The number of H-pyrrole nitrogens is 1. The van der Waals surface area contributed by atoms with Crippen LogP contribution in [0, 0.1) is 6.92 Å². The summed E-state index contributed by atoms with van der Waals surface area (Å²) in [6.07, 6.45) is 0. The quantitative estimate of drug-likeness (QED) is 0.641. The fraction of sp³-hybridized carbons (Fsp3) is 0.111. The Kier molecular flexibility index (Phi) is 4.66. The lowest BCUT2D eigenvalue weighted by molar-refractivity contribution is -0.115. The molecule has 0 saturated heterocycles. The van der Waals surface area contributed by atoms with Crippen LogP contribution in [0.15, 0.2) is 53.0 Å². The summed E-state index contributed by atoms with van der Waals surface area (Å²) >= 11 is 3.38. The van der Waals surface area contributed by atoms with E-state index in [-0.39, 0.29) is 18.4 Å². The van der Waals surface area contributed by atoms with E-state index in [0.29, 0.717) is 5.69 Å². The highest BCUT2D eigenvalue weighted by Gasteiger charge is 2.11. The fourth-order valence-electron chi connectivity index (χ4n) is 2.41. The van der Waals surface area contributed by atoms with Gasteiger partial charge in [-0.2, -0.15) is 0 Å². The van der Waals surface area contributed by atoms with Crippen LogP contribution < -0.4 is 10.6 Å². The number of aromatic nitrogens is 1. The van der Waals surface area contributed by atoms with E-state index in [1.54, 1.807) is 6.07 Å². The van der Waals surface area contributed by atoms with E-state index in [9.17, 15) is 9.59 Å². The molecule has 2 aromatic carbocycles. The van der Waals surface area contributed by atoms with Gasteiger partial charge in [0.1, 0.15) is 5.69 Å². The highest BCUT2D eigenvalue weighted by atomic mass is 79.9. The van der Waals surface area contributed by atoms with Gasteiger partial charge >= 0.3 is 0 Å². The van der Waals surface area contributed by atoms with Crippen molar-refractivity contribution < 1.29 is 9.59 Å². The predicted molar refractivity (Wildman–Crippen MR) is 98.1 cm³/mol. The molecule has 3 aromatic rings. The first-order valence-electron chi connectivity index (χ1n) is 7.45. The first kappa shape index (κ1) is 16.3. The van der Waals surface area contributed by atoms with E-state index >= 15 is 0 Å².